The van der Waals surface area contributed by atoms with Crippen LogP contribution in [0.5, 0.6) is 5.75 Å². The Hall–Kier alpha value is -2.19. The topological polar surface area (TPSA) is 117 Å². The molecule has 0 aliphatic rings. The molecule has 9 heteroatoms. The molecule has 0 spiro atoms. The molecule has 2 N–H and O–H groups in total. The molecule has 1 heterocycles. The Morgan fingerprint density at radius 1 is 1.52 bits per heavy atom. The number of nitro groups is 1. The van der Waals surface area contributed by atoms with Gasteiger partial charge < -0.3 is 15.0 Å². The van der Waals surface area contributed by atoms with Gasteiger partial charge in [0.25, 0.3) is 5.89 Å². The van der Waals surface area contributed by atoms with Crippen LogP contribution < -0.4 is 10.5 Å². The Labute approximate surface area is 125 Å². The van der Waals surface area contributed by atoms with Crippen molar-refractivity contribution in [3.05, 3.63) is 45.1 Å². The highest BCUT2D eigenvalue weighted by Crippen LogP contribution is 2.30. The monoisotopic (exact) mass is 312 g/mol. The fraction of sp³-hybridized carbons (Fsp3) is 0.333. The third-order valence-electron chi connectivity index (χ3n) is 2.51. The quantitative estimate of drug-likeness (QED) is 0.665. The van der Waals surface area contributed by atoms with Crippen LogP contribution in [0.15, 0.2) is 22.7 Å². The molecule has 0 radical (unpaired) electrons. The van der Waals surface area contributed by atoms with Crippen molar-refractivity contribution in [3.8, 4) is 5.75 Å². The molecule has 112 valence electrons. The number of hydrogen-bond donors (Lipinski definition) is 1. The summed E-state index contributed by atoms with van der Waals surface area (Å²) in [6, 6.07) is 4.03. The van der Waals surface area contributed by atoms with E-state index in [4.69, 9.17) is 26.6 Å². The Balaban J connectivity index is 2.15. The average Bonchev–Trinajstić information content (AvgIpc) is 2.84. The highest BCUT2D eigenvalue weighted by atomic mass is 35.5. The molecular formula is C12H13ClN4O4. The number of halogens is 1. The summed E-state index contributed by atoms with van der Waals surface area (Å²) in [6.45, 7) is 3.33. The molecule has 0 unspecified atom stereocenters. The van der Waals surface area contributed by atoms with E-state index in [9.17, 15) is 10.1 Å². The lowest BCUT2D eigenvalue weighted by Crippen LogP contribution is -2.30. The van der Waals surface area contributed by atoms with Crippen LogP contribution in [0.2, 0.25) is 5.02 Å². The first-order chi connectivity index (χ1) is 9.77. The second-order valence-corrected chi connectivity index (χ2v) is 5.33. The third-order valence-corrected chi connectivity index (χ3v) is 2.75. The van der Waals surface area contributed by atoms with E-state index < -0.39 is 10.5 Å². The SMILES string of the molecule is CC(C)(N)c1noc(COc2cc(Cl)ccc2[N+](=O)[O-])n1. The van der Waals surface area contributed by atoms with Gasteiger partial charge in [-0.3, -0.25) is 10.1 Å². The Morgan fingerprint density at radius 3 is 2.81 bits per heavy atom. The largest absolute Gasteiger partial charge is 0.477 e. The number of hydrogen-bond acceptors (Lipinski definition) is 7. The second-order valence-electron chi connectivity index (χ2n) is 4.89. The molecule has 1 aromatic carbocycles. The van der Waals surface area contributed by atoms with Crippen molar-refractivity contribution in [2.24, 2.45) is 5.73 Å². The summed E-state index contributed by atoms with van der Waals surface area (Å²) in [6.07, 6.45) is 0. The van der Waals surface area contributed by atoms with Crippen LogP contribution in [-0.4, -0.2) is 15.1 Å². The van der Waals surface area contributed by atoms with Crippen LogP contribution in [-0.2, 0) is 12.1 Å². The number of rotatable bonds is 5. The number of nitro benzene ring substituents is 1. The summed E-state index contributed by atoms with van der Waals surface area (Å²) < 4.78 is 10.3. The van der Waals surface area contributed by atoms with Crippen molar-refractivity contribution in [2.45, 2.75) is 26.0 Å². The molecule has 2 rings (SSSR count). The summed E-state index contributed by atoms with van der Waals surface area (Å²) in [7, 11) is 0. The second kappa shape index (κ2) is 5.66. The van der Waals surface area contributed by atoms with Crippen molar-refractivity contribution in [1.29, 1.82) is 0 Å². The molecule has 0 bridgehead atoms. The number of aromatic nitrogens is 2. The predicted octanol–water partition coefficient (Wildman–Crippen LogP) is 2.40. The van der Waals surface area contributed by atoms with Crippen molar-refractivity contribution in [1.82, 2.24) is 10.1 Å². The summed E-state index contributed by atoms with van der Waals surface area (Å²) in [5.74, 6) is 0.513. The van der Waals surface area contributed by atoms with Gasteiger partial charge in [-0.1, -0.05) is 16.8 Å². The van der Waals surface area contributed by atoms with Gasteiger partial charge in [0.15, 0.2) is 18.2 Å². The normalized spacial score (nSPS) is 11.4. The highest BCUT2D eigenvalue weighted by molar-refractivity contribution is 6.30. The van der Waals surface area contributed by atoms with Gasteiger partial charge in [0.1, 0.15) is 0 Å². The summed E-state index contributed by atoms with van der Waals surface area (Å²) in [5.41, 5.74) is 4.89. The lowest BCUT2D eigenvalue weighted by Gasteiger charge is -2.11. The van der Waals surface area contributed by atoms with Gasteiger partial charge in [-0.05, 0) is 19.9 Å². The van der Waals surface area contributed by atoms with Crippen LogP contribution in [0.25, 0.3) is 0 Å². The minimum absolute atomic E-state index is 0.0271. The minimum Gasteiger partial charge on any atom is -0.477 e. The Kier molecular flexibility index (Phi) is 4.10. The first kappa shape index (κ1) is 15.2. The van der Waals surface area contributed by atoms with Crippen molar-refractivity contribution >= 4 is 17.3 Å². The van der Waals surface area contributed by atoms with Crippen LogP contribution in [0.1, 0.15) is 25.6 Å². The predicted molar refractivity (Wildman–Crippen MR) is 73.9 cm³/mol. The van der Waals surface area contributed by atoms with Crippen molar-refractivity contribution in [2.75, 3.05) is 0 Å². The van der Waals surface area contributed by atoms with Gasteiger partial charge in [-0.2, -0.15) is 4.98 Å². The minimum atomic E-state index is -0.746. The standard InChI is InChI=1S/C12H13ClN4O4/c1-12(2,14)11-15-10(21-16-11)6-20-9-5-7(13)3-4-8(9)17(18)19/h3-5H,6,14H2,1-2H3. The summed E-state index contributed by atoms with van der Waals surface area (Å²) >= 11 is 5.80. The van der Waals surface area contributed by atoms with E-state index in [1.807, 2.05) is 0 Å². The van der Waals surface area contributed by atoms with E-state index >= 15 is 0 Å². The lowest BCUT2D eigenvalue weighted by atomic mass is 10.1. The van der Waals surface area contributed by atoms with Gasteiger partial charge in [-0.15, -0.1) is 0 Å². The molecule has 0 atom stereocenters. The maximum Gasteiger partial charge on any atom is 0.311 e. The van der Waals surface area contributed by atoms with Gasteiger partial charge in [0, 0.05) is 17.2 Å². The fourth-order valence-corrected chi connectivity index (χ4v) is 1.63. The van der Waals surface area contributed by atoms with Gasteiger partial charge in [0.05, 0.1) is 10.5 Å². The molecule has 0 fully saturated rings. The summed E-state index contributed by atoms with van der Waals surface area (Å²) in [4.78, 5) is 14.4. The molecule has 8 nitrogen and oxygen atoms in total. The number of nitrogens with two attached hydrogens (primary N) is 1. The zero-order chi connectivity index (χ0) is 15.6. The van der Waals surface area contributed by atoms with Crippen molar-refractivity contribution in [3.63, 3.8) is 0 Å². The average molecular weight is 313 g/mol. The number of ether oxygens (including phenoxy) is 1. The molecule has 21 heavy (non-hydrogen) atoms. The van der Waals surface area contributed by atoms with Crippen LogP contribution >= 0.6 is 11.6 Å². The maximum absolute atomic E-state index is 10.9. The first-order valence-electron chi connectivity index (χ1n) is 5.96. The van der Waals surface area contributed by atoms with Gasteiger partial charge in [-0.25, -0.2) is 0 Å². The van der Waals surface area contributed by atoms with E-state index in [1.54, 1.807) is 13.8 Å². The fourth-order valence-electron chi connectivity index (χ4n) is 1.47. The van der Waals surface area contributed by atoms with Crippen molar-refractivity contribution < 1.29 is 14.2 Å². The maximum atomic E-state index is 10.9. The smallest absolute Gasteiger partial charge is 0.311 e. The summed E-state index contributed by atoms with van der Waals surface area (Å²) in [5, 5.41) is 14.9. The van der Waals surface area contributed by atoms with Crippen LogP contribution in [0, 0.1) is 10.1 Å². The third kappa shape index (κ3) is 3.67. The first-order valence-corrected chi connectivity index (χ1v) is 6.34. The van der Waals surface area contributed by atoms with Crippen LogP contribution in [0.4, 0.5) is 5.69 Å². The van der Waals surface area contributed by atoms with Gasteiger partial charge in [0.2, 0.25) is 0 Å². The molecule has 0 amide bonds. The zero-order valence-electron chi connectivity index (χ0n) is 11.4. The van der Waals surface area contributed by atoms with E-state index in [-0.39, 0.29) is 23.9 Å². The Bertz CT molecular complexity index is 666. The van der Waals surface area contributed by atoms with Gasteiger partial charge >= 0.3 is 5.69 Å². The van der Waals surface area contributed by atoms with Crippen LogP contribution in [0.3, 0.4) is 0 Å². The number of nitrogens with zero attached hydrogens (tertiary/aromatic N) is 3. The van der Waals surface area contributed by atoms with E-state index in [0.29, 0.717) is 10.8 Å². The molecule has 0 aliphatic heterocycles. The molecule has 0 saturated carbocycles. The molecule has 0 saturated heterocycles. The lowest BCUT2D eigenvalue weighted by molar-refractivity contribution is -0.386. The molecule has 1 aromatic heterocycles. The number of benzene rings is 1. The van der Waals surface area contributed by atoms with E-state index in [0.717, 1.165) is 0 Å². The Morgan fingerprint density at radius 2 is 2.24 bits per heavy atom. The highest BCUT2D eigenvalue weighted by Gasteiger charge is 2.22. The van der Waals surface area contributed by atoms with E-state index in [2.05, 4.69) is 10.1 Å². The zero-order valence-corrected chi connectivity index (χ0v) is 12.1. The molecule has 0 aliphatic carbocycles. The molecular weight excluding hydrogens is 300 g/mol. The van der Waals surface area contributed by atoms with E-state index in [1.165, 1.54) is 18.2 Å². The molecule has 2 aromatic rings.